The lowest BCUT2D eigenvalue weighted by Gasteiger charge is -2.10. The molecule has 2 heterocycles. The van der Waals surface area contributed by atoms with Gasteiger partial charge >= 0.3 is 0 Å². The molecule has 0 unspecified atom stereocenters. The average molecular weight is 379 g/mol. The standard InChI is InChI=1S/C20H17N3O3S/c1-11-8-9-15-17(12(11)2)22(3)20(27-15)21-16(24)10-23-18(25)13-6-4-5-7-14(13)19(23)26/h4-9H,10H2,1-3H3. The molecule has 7 heteroatoms. The fourth-order valence-electron chi connectivity index (χ4n) is 3.30. The van der Waals surface area contributed by atoms with Crippen molar-refractivity contribution in [2.75, 3.05) is 6.54 Å². The Balaban J connectivity index is 1.67. The third-order valence-electron chi connectivity index (χ3n) is 4.88. The molecule has 3 amide bonds. The van der Waals surface area contributed by atoms with Crippen LogP contribution in [0.5, 0.6) is 0 Å². The molecule has 0 spiro atoms. The summed E-state index contributed by atoms with van der Waals surface area (Å²) < 4.78 is 2.91. The second kappa shape index (κ2) is 6.28. The number of benzene rings is 2. The van der Waals surface area contributed by atoms with Gasteiger partial charge in [0.1, 0.15) is 6.54 Å². The van der Waals surface area contributed by atoms with E-state index in [0.29, 0.717) is 15.9 Å². The summed E-state index contributed by atoms with van der Waals surface area (Å²) in [5.74, 6) is -1.43. The van der Waals surface area contributed by atoms with Crippen molar-refractivity contribution in [3.8, 4) is 0 Å². The second-order valence-electron chi connectivity index (χ2n) is 6.55. The van der Waals surface area contributed by atoms with Gasteiger partial charge in [0.15, 0.2) is 4.80 Å². The first-order valence-electron chi connectivity index (χ1n) is 8.47. The zero-order chi connectivity index (χ0) is 19.3. The number of hydrogen-bond acceptors (Lipinski definition) is 4. The molecule has 6 nitrogen and oxygen atoms in total. The molecule has 4 rings (SSSR count). The molecule has 0 bridgehead atoms. The van der Waals surface area contributed by atoms with Crippen molar-refractivity contribution in [2.24, 2.45) is 12.0 Å². The molecule has 1 aromatic heterocycles. The lowest BCUT2D eigenvalue weighted by molar-refractivity contribution is -0.118. The summed E-state index contributed by atoms with van der Waals surface area (Å²) in [5, 5.41) is 0. The molecule has 136 valence electrons. The van der Waals surface area contributed by atoms with Crippen molar-refractivity contribution in [3.05, 3.63) is 63.5 Å². The van der Waals surface area contributed by atoms with Crippen LogP contribution in [0, 0.1) is 13.8 Å². The van der Waals surface area contributed by atoms with Gasteiger partial charge in [-0.05, 0) is 43.2 Å². The van der Waals surface area contributed by atoms with Crippen LogP contribution in [0.2, 0.25) is 0 Å². The number of carbonyl (C=O) groups excluding carboxylic acids is 3. The first-order chi connectivity index (χ1) is 12.9. The maximum absolute atomic E-state index is 12.5. The van der Waals surface area contributed by atoms with Gasteiger partial charge in [-0.15, -0.1) is 0 Å². The molecule has 0 atom stereocenters. The number of aromatic nitrogens is 1. The molecule has 0 fully saturated rings. The van der Waals surface area contributed by atoms with E-state index in [1.54, 1.807) is 24.3 Å². The van der Waals surface area contributed by atoms with Gasteiger partial charge in [0.05, 0.1) is 21.3 Å². The Morgan fingerprint density at radius 2 is 1.67 bits per heavy atom. The number of imide groups is 1. The van der Waals surface area contributed by atoms with E-state index in [2.05, 4.69) is 4.99 Å². The summed E-state index contributed by atoms with van der Waals surface area (Å²) in [6.45, 7) is 3.71. The minimum atomic E-state index is -0.527. The Labute approximate surface area is 159 Å². The monoisotopic (exact) mass is 379 g/mol. The fourth-order valence-corrected chi connectivity index (χ4v) is 4.39. The zero-order valence-corrected chi connectivity index (χ0v) is 16.0. The van der Waals surface area contributed by atoms with Gasteiger partial charge in [0.25, 0.3) is 17.7 Å². The number of fused-ring (bicyclic) bond motifs is 2. The SMILES string of the molecule is Cc1ccc2sc(=NC(=O)CN3C(=O)c4ccccc4C3=O)n(C)c2c1C. The molecule has 0 aliphatic carbocycles. The lowest BCUT2D eigenvalue weighted by Crippen LogP contribution is -2.35. The predicted octanol–water partition coefficient (Wildman–Crippen LogP) is 2.58. The van der Waals surface area contributed by atoms with Gasteiger partial charge in [-0.1, -0.05) is 29.5 Å². The summed E-state index contributed by atoms with van der Waals surface area (Å²) in [6, 6.07) is 10.6. The van der Waals surface area contributed by atoms with Crippen LogP contribution in [0.4, 0.5) is 0 Å². The molecular formula is C20H17N3O3S. The largest absolute Gasteiger partial charge is 0.319 e. The highest BCUT2D eigenvalue weighted by molar-refractivity contribution is 7.16. The third kappa shape index (κ3) is 2.71. The van der Waals surface area contributed by atoms with Crippen LogP contribution < -0.4 is 4.80 Å². The highest BCUT2D eigenvalue weighted by Crippen LogP contribution is 2.24. The number of amides is 3. The molecule has 27 heavy (non-hydrogen) atoms. The topological polar surface area (TPSA) is 71.7 Å². The molecule has 0 radical (unpaired) electrons. The van der Waals surface area contributed by atoms with E-state index in [1.807, 2.05) is 37.6 Å². The number of carbonyl (C=O) groups is 3. The van der Waals surface area contributed by atoms with Crippen molar-refractivity contribution in [1.29, 1.82) is 0 Å². The minimum absolute atomic E-state index is 0.328. The van der Waals surface area contributed by atoms with Gasteiger partial charge in [0, 0.05) is 7.05 Å². The summed E-state index contributed by atoms with van der Waals surface area (Å²) in [4.78, 5) is 42.9. The van der Waals surface area contributed by atoms with Gasteiger partial charge in [0.2, 0.25) is 0 Å². The molecule has 3 aromatic rings. The molecule has 0 saturated heterocycles. The quantitative estimate of drug-likeness (QED) is 0.643. The lowest BCUT2D eigenvalue weighted by atomic mass is 10.1. The van der Waals surface area contributed by atoms with Crippen LogP contribution in [0.1, 0.15) is 31.8 Å². The van der Waals surface area contributed by atoms with Crippen LogP contribution >= 0.6 is 11.3 Å². The zero-order valence-electron chi connectivity index (χ0n) is 15.1. The molecular weight excluding hydrogens is 362 g/mol. The third-order valence-corrected chi connectivity index (χ3v) is 5.98. The maximum atomic E-state index is 12.5. The molecule has 2 aromatic carbocycles. The van der Waals surface area contributed by atoms with E-state index in [-0.39, 0.29) is 6.54 Å². The van der Waals surface area contributed by atoms with Gasteiger partial charge in [-0.3, -0.25) is 19.3 Å². The average Bonchev–Trinajstić information content (AvgIpc) is 3.09. The second-order valence-corrected chi connectivity index (χ2v) is 7.55. The summed E-state index contributed by atoms with van der Waals surface area (Å²) >= 11 is 1.41. The molecule has 0 N–H and O–H groups in total. The van der Waals surface area contributed by atoms with Crippen molar-refractivity contribution in [3.63, 3.8) is 0 Å². The van der Waals surface area contributed by atoms with Crippen molar-refractivity contribution in [2.45, 2.75) is 13.8 Å². The Morgan fingerprint density at radius 3 is 2.30 bits per heavy atom. The Kier molecular flexibility index (Phi) is 4.04. The van der Waals surface area contributed by atoms with Crippen LogP contribution in [0.3, 0.4) is 0 Å². The summed E-state index contributed by atoms with van der Waals surface area (Å²) in [6.07, 6.45) is 0. The van der Waals surface area contributed by atoms with E-state index in [0.717, 1.165) is 20.7 Å². The number of hydrogen-bond donors (Lipinski definition) is 0. The summed E-state index contributed by atoms with van der Waals surface area (Å²) in [5.41, 5.74) is 4.00. The highest BCUT2D eigenvalue weighted by atomic mass is 32.1. The minimum Gasteiger partial charge on any atom is -0.319 e. The number of nitrogens with zero attached hydrogens (tertiary/aromatic N) is 3. The molecule has 0 saturated carbocycles. The Morgan fingerprint density at radius 1 is 1.04 bits per heavy atom. The predicted molar refractivity (Wildman–Crippen MR) is 103 cm³/mol. The molecule has 1 aliphatic heterocycles. The fraction of sp³-hybridized carbons (Fsp3) is 0.200. The Hall–Kier alpha value is -3.06. The van der Waals surface area contributed by atoms with E-state index < -0.39 is 17.7 Å². The van der Waals surface area contributed by atoms with Crippen LogP contribution in [-0.2, 0) is 11.8 Å². The van der Waals surface area contributed by atoms with Crippen LogP contribution in [0.25, 0.3) is 10.2 Å². The van der Waals surface area contributed by atoms with E-state index >= 15 is 0 Å². The summed E-state index contributed by atoms with van der Waals surface area (Å²) in [7, 11) is 1.86. The van der Waals surface area contributed by atoms with Crippen molar-refractivity contribution < 1.29 is 14.4 Å². The Bertz CT molecular complexity index is 1170. The first kappa shape index (κ1) is 17.4. The highest BCUT2D eigenvalue weighted by Gasteiger charge is 2.36. The normalized spacial score (nSPS) is 14.3. The van der Waals surface area contributed by atoms with Crippen LogP contribution in [-0.4, -0.2) is 33.7 Å². The van der Waals surface area contributed by atoms with Crippen LogP contribution in [0.15, 0.2) is 41.4 Å². The van der Waals surface area contributed by atoms with Gasteiger partial charge < -0.3 is 4.57 Å². The maximum Gasteiger partial charge on any atom is 0.268 e. The van der Waals surface area contributed by atoms with E-state index in [1.165, 1.54) is 16.9 Å². The number of rotatable bonds is 2. The van der Waals surface area contributed by atoms with Crippen molar-refractivity contribution in [1.82, 2.24) is 9.47 Å². The van der Waals surface area contributed by atoms with Gasteiger partial charge in [-0.2, -0.15) is 4.99 Å². The van der Waals surface area contributed by atoms with Crippen molar-refractivity contribution >= 4 is 39.3 Å². The first-order valence-corrected chi connectivity index (χ1v) is 9.28. The van der Waals surface area contributed by atoms with Gasteiger partial charge in [-0.25, -0.2) is 0 Å². The van der Waals surface area contributed by atoms with E-state index in [9.17, 15) is 14.4 Å². The van der Waals surface area contributed by atoms with E-state index in [4.69, 9.17) is 0 Å². The smallest absolute Gasteiger partial charge is 0.268 e. The number of aryl methyl sites for hydroxylation is 3. The molecule has 1 aliphatic rings. The number of thiazole rings is 1.